The number of carbonyl (C=O) groups excluding carboxylic acids is 1. The smallest absolute Gasteiger partial charge is 0.339 e. The number of ether oxygens (including phenoxy) is 1. The molecule has 1 saturated carbocycles. The molecule has 0 saturated heterocycles. The molecule has 2 nitrogen and oxygen atoms in total. The van der Waals surface area contributed by atoms with Gasteiger partial charge in [-0.2, -0.15) is 0 Å². The zero-order valence-electron chi connectivity index (χ0n) is 11.7. The van der Waals surface area contributed by atoms with Gasteiger partial charge in [0, 0.05) is 0 Å². The highest BCUT2D eigenvalue weighted by atomic mass is 16.6. The summed E-state index contributed by atoms with van der Waals surface area (Å²) in [5.41, 5.74) is 1.22. The number of rotatable bonds is 4. The van der Waals surface area contributed by atoms with Crippen LogP contribution >= 0.6 is 0 Å². The van der Waals surface area contributed by atoms with E-state index in [2.05, 4.69) is 13.5 Å². The fraction of sp³-hybridized carbons (Fsp3) is 0.471. The third-order valence-corrected chi connectivity index (χ3v) is 4.12. The van der Waals surface area contributed by atoms with Gasteiger partial charge in [0.1, 0.15) is 5.60 Å². The monoisotopic (exact) mass is 258 g/mol. The van der Waals surface area contributed by atoms with Gasteiger partial charge in [-0.25, -0.2) is 4.79 Å². The highest BCUT2D eigenvalue weighted by Crippen LogP contribution is 2.35. The van der Waals surface area contributed by atoms with E-state index < -0.39 is 0 Å². The molecule has 2 heteroatoms. The van der Waals surface area contributed by atoms with Crippen LogP contribution < -0.4 is 0 Å². The molecular weight excluding hydrogens is 236 g/mol. The highest BCUT2D eigenvalue weighted by Gasteiger charge is 2.34. The van der Waals surface area contributed by atoms with Crippen molar-refractivity contribution in [1.82, 2.24) is 0 Å². The summed E-state index contributed by atoms with van der Waals surface area (Å²) in [5, 5.41) is 0. The first kappa shape index (κ1) is 13.9. The van der Waals surface area contributed by atoms with Gasteiger partial charge >= 0.3 is 5.97 Å². The Hall–Kier alpha value is -1.57. The van der Waals surface area contributed by atoms with Gasteiger partial charge in [-0.05, 0) is 43.7 Å². The Balaban J connectivity index is 2.17. The lowest BCUT2D eigenvalue weighted by Gasteiger charge is -2.36. The third kappa shape index (κ3) is 3.06. The van der Waals surface area contributed by atoms with Crippen molar-refractivity contribution < 1.29 is 9.53 Å². The van der Waals surface area contributed by atoms with Crippen LogP contribution in [0.25, 0.3) is 6.08 Å². The Morgan fingerprint density at radius 1 is 1.32 bits per heavy atom. The van der Waals surface area contributed by atoms with E-state index >= 15 is 0 Å². The van der Waals surface area contributed by atoms with Crippen LogP contribution in [0.2, 0.25) is 0 Å². The number of hydrogen-bond donors (Lipinski definition) is 0. The highest BCUT2D eigenvalue weighted by molar-refractivity contribution is 5.93. The second-order valence-electron chi connectivity index (χ2n) is 5.28. The Labute approximate surface area is 115 Å². The second kappa shape index (κ2) is 6.05. The fourth-order valence-electron chi connectivity index (χ4n) is 2.84. The molecule has 0 unspecified atom stereocenters. The van der Waals surface area contributed by atoms with Gasteiger partial charge in [-0.3, -0.25) is 0 Å². The average molecular weight is 258 g/mol. The summed E-state index contributed by atoms with van der Waals surface area (Å²) < 4.78 is 5.87. The predicted octanol–water partition coefficient (Wildman–Crippen LogP) is 4.60. The van der Waals surface area contributed by atoms with Crippen molar-refractivity contribution in [2.75, 3.05) is 0 Å². The minimum atomic E-state index is -0.246. The lowest BCUT2D eigenvalue weighted by atomic mass is 9.82. The van der Waals surface area contributed by atoms with Crippen molar-refractivity contribution in [3.05, 3.63) is 42.0 Å². The van der Waals surface area contributed by atoms with Crippen LogP contribution in [0.4, 0.5) is 0 Å². The van der Waals surface area contributed by atoms with Crippen LogP contribution in [-0.4, -0.2) is 11.6 Å². The quantitative estimate of drug-likeness (QED) is 0.738. The lowest BCUT2D eigenvalue weighted by Crippen LogP contribution is -2.36. The minimum absolute atomic E-state index is 0.209. The minimum Gasteiger partial charge on any atom is -0.455 e. The zero-order chi connectivity index (χ0) is 13.7. The lowest BCUT2D eigenvalue weighted by molar-refractivity contribution is -0.0397. The van der Waals surface area contributed by atoms with Gasteiger partial charge in [0.05, 0.1) is 5.56 Å². The predicted molar refractivity (Wildman–Crippen MR) is 78.1 cm³/mol. The molecule has 1 aliphatic carbocycles. The molecule has 1 aromatic carbocycles. The van der Waals surface area contributed by atoms with Crippen molar-refractivity contribution >= 4 is 12.0 Å². The molecule has 19 heavy (non-hydrogen) atoms. The van der Waals surface area contributed by atoms with Crippen molar-refractivity contribution in [2.45, 2.75) is 51.0 Å². The summed E-state index contributed by atoms with van der Waals surface area (Å²) in [6.07, 6.45) is 8.15. The molecule has 0 radical (unpaired) electrons. The number of benzene rings is 1. The van der Waals surface area contributed by atoms with E-state index in [0.29, 0.717) is 5.56 Å². The van der Waals surface area contributed by atoms with E-state index in [9.17, 15) is 4.79 Å². The SMILES string of the molecule is C=Cc1ccccc1C(=O)OC1(CC)CCCCC1. The van der Waals surface area contributed by atoms with Crippen LogP contribution in [0.1, 0.15) is 61.4 Å². The average Bonchev–Trinajstić information content (AvgIpc) is 2.48. The van der Waals surface area contributed by atoms with Crippen molar-refractivity contribution in [3.8, 4) is 0 Å². The maximum absolute atomic E-state index is 12.4. The molecule has 0 spiro atoms. The molecule has 0 aliphatic heterocycles. The molecule has 1 aromatic rings. The molecule has 102 valence electrons. The molecule has 0 atom stereocenters. The van der Waals surface area contributed by atoms with Gasteiger partial charge in [0.2, 0.25) is 0 Å². The largest absolute Gasteiger partial charge is 0.455 e. The van der Waals surface area contributed by atoms with Gasteiger partial charge in [-0.15, -0.1) is 0 Å². The molecule has 0 bridgehead atoms. The maximum atomic E-state index is 12.4. The van der Waals surface area contributed by atoms with E-state index in [1.165, 1.54) is 6.42 Å². The molecule has 0 amide bonds. The summed E-state index contributed by atoms with van der Waals surface area (Å²) in [6.45, 7) is 5.86. The first-order valence-corrected chi connectivity index (χ1v) is 7.15. The summed E-state index contributed by atoms with van der Waals surface area (Å²) in [5.74, 6) is -0.209. The molecule has 0 aromatic heterocycles. The van der Waals surface area contributed by atoms with Crippen LogP contribution in [0, 0.1) is 0 Å². The Morgan fingerprint density at radius 3 is 2.63 bits per heavy atom. The molecule has 0 heterocycles. The van der Waals surface area contributed by atoms with Gasteiger partial charge in [0.25, 0.3) is 0 Å². The standard InChI is InChI=1S/C17H22O2/c1-3-14-10-6-7-11-15(14)16(18)19-17(4-2)12-8-5-9-13-17/h3,6-7,10-11H,1,4-5,8-9,12-13H2,2H3. The van der Waals surface area contributed by atoms with Crippen molar-refractivity contribution in [2.24, 2.45) is 0 Å². The normalized spacial score (nSPS) is 17.7. The number of esters is 1. The van der Waals surface area contributed by atoms with E-state index in [1.807, 2.05) is 24.3 Å². The second-order valence-corrected chi connectivity index (χ2v) is 5.28. The summed E-state index contributed by atoms with van der Waals surface area (Å²) in [6, 6.07) is 7.47. The maximum Gasteiger partial charge on any atom is 0.339 e. The van der Waals surface area contributed by atoms with E-state index in [-0.39, 0.29) is 11.6 Å². The van der Waals surface area contributed by atoms with Gasteiger partial charge in [-0.1, -0.05) is 44.2 Å². The van der Waals surface area contributed by atoms with Gasteiger partial charge < -0.3 is 4.74 Å². The van der Waals surface area contributed by atoms with Gasteiger partial charge in [0.15, 0.2) is 0 Å². The summed E-state index contributed by atoms with van der Waals surface area (Å²) in [4.78, 5) is 12.4. The van der Waals surface area contributed by atoms with E-state index in [1.54, 1.807) is 6.08 Å². The Morgan fingerprint density at radius 2 is 2.00 bits per heavy atom. The number of carbonyl (C=O) groups is 1. The summed E-state index contributed by atoms with van der Waals surface area (Å²) >= 11 is 0. The zero-order valence-corrected chi connectivity index (χ0v) is 11.7. The number of hydrogen-bond acceptors (Lipinski definition) is 2. The fourth-order valence-corrected chi connectivity index (χ4v) is 2.84. The topological polar surface area (TPSA) is 26.3 Å². The van der Waals surface area contributed by atoms with Crippen molar-refractivity contribution in [3.63, 3.8) is 0 Å². The molecule has 1 aliphatic rings. The van der Waals surface area contributed by atoms with Crippen LogP contribution in [-0.2, 0) is 4.74 Å². The van der Waals surface area contributed by atoms with E-state index in [4.69, 9.17) is 4.74 Å². The molecule has 0 N–H and O–H groups in total. The van der Waals surface area contributed by atoms with Crippen LogP contribution in [0.15, 0.2) is 30.8 Å². The summed E-state index contributed by atoms with van der Waals surface area (Å²) in [7, 11) is 0. The molecule has 2 rings (SSSR count). The first-order valence-electron chi connectivity index (χ1n) is 7.15. The van der Waals surface area contributed by atoms with Crippen LogP contribution in [0.5, 0.6) is 0 Å². The Kier molecular flexibility index (Phi) is 4.41. The molecular formula is C17H22O2. The van der Waals surface area contributed by atoms with Crippen LogP contribution in [0.3, 0.4) is 0 Å². The Bertz CT molecular complexity index is 456. The molecule has 1 fully saturated rings. The third-order valence-electron chi connectivity index (χ3n) is 4.12. The first-order chi connectivity index (χ1) is 9.21. The van der Waals surface area contributed by atoms with E-state index in [0.717, 1.165) is 37.7 Å². The van der Waals surface area contributed by atoms with Crippen molar-refractivity contribution in [1.29, 1.82) is 0 Å².